The van der Waals surface area contributed by atoms with Crippen molar-refractivity contribution in [1.82, 2.24) is 0 Å². The number of unbranched alkanes of at least 4 members (excludes halogenated alkanes) is 14. The van der Waals surface area contributed by atoms with Gasteiger partial charge in [0, 0.05) is 50.6 Å². The van der Waals surface area contributed by atoms with Crippen LogP contribution in [0.25, 0.3) is 0 Å². The van der Waals surface area contributed by atoms with Crippen molar-refractivity contribution in [1.29, 1.82) is 0 Å². The predicted octanol–water partition coefficient (Wildman–Crippen LogP) is 26.6. The second kappa shape index (κ2) is 46.9. The van der Waals surface area contributed by atoms with E-state index < -0.39 is 31.2 Å². The van der Waals surface area contributed by atoms with Gasteiger partial charge in [0.2, 0.25) is 0 Å². The molecule has 0 aliphatic heterocycles. The van der Waals surface area contributed by atoms with E-state index in [0.717, 1.165) is 126 Å². The summed E-state index contributed by atoms with van der Waals surface area (Å²) in [4.78, 5) is 0. The van der Waals surface area contributed by atoms with Crippen molar-refractivity contribution in [2.24, 2.45) is 0 Å². The molecule has 7 aromatic rings. The molecule has 0 spiro atoms. The number of benzene rings is 7. The first-order valence-electron chi connectivity index (χ1n) is 38.6. The molecule has 8 N–H and O–H groups in total. The molecule has 120 heavy (non-hydrogen) atoms. The maximum absolute atomic E-state index is 10.7. The minimum atomic E-state index is -10.7. The van der Waals surface area contributed by atoms with Crippen LogP contribution >= 0.6 is 31.2 Å². The van der Waals surface area contributed by atoms with Gasteiger partial charge in [0.05, 0.1) is 39.6 Å². The summed E-state index contributed by atoms with van der Waals surface area (Å²) in [6, 6.07) is 59.5. The van der Waals surface area contributed by atoms with Gasteiger partial charge in [-0.3, -0.25) is 0 Å². The molecule has 0 aliphatic carbocycles. The normalized spacial score (nSPS) is 13.9. The van der Waals surface area contributed by atoms with Crippen molar-refractivity contribution in [2.75, 3.05) is 66.1 Å². The van der Waals surface area contributed by atoms with Crippen molar-refractivity contribution in [3.05, 3.63) is 240 Å². The SMILES string of the molecule is C=CCCCCCCCCCOc1ccc(C[NH2+]Cc2ccc(C[NH2+]Cc3ccc(OCCOCCOc4cccc(OCCOCCOc5ccc(C[NH2+]Cc6ccc(C[NH2+]Cc7ccc(OCCCCCCCCCC=C)cc7)cc6)cc5)c4)cc3)cc2)cc1.F[P-](F)(F)(F)(F)F.F[P-](F)(F)(F)(F)F.F[P-](F)(F)(F)(F)F.F[P-](F)(F)(F)(F)F. The Morgan fingerprint density at radius 3 is 0.575 bits per heavy atom. The third-order valence-corrected chi connectivity index (χ3v) is 16.2. The Morgan fingerprint density at radius 1 is 0.208 bits per heavy atom. The quantitative estimate of drug-likeness (QED) is 0.0128. The summed E-state index contributed by atoms with van der Waals surface area (Å²) in [5.41, 5.74) is 10.5. The molecule has 0 amide bonds. The van der Waals surface area contributed by atoms with Crippen LogP contribution in [0.4, 0.5) is 101 Å². The van der Waals surface area contributed by atoms with Gasteiger partial charge in [-0.15, -0.1) is 13.2 Å². The molecular formula is C80H110F24N4O8P4. The molecule has 0 saturated carbocycles. The zero-order valence-electron chi connectivity index (χ0n) is 66.2. The Bertz CT molecular complexity index is 3650. The van der Waals surface area contributed by atoms with E-state index in [9.17, 15) is 101 Å². The summed E-state index contributed by atoms with van der Waals surface area (Å²) in [6.45, 7) is 20.3. The summed E-state index contributed by atoms with van der Waals surface area (Å²) < 4.78 is 284. The molecule has 0 saturated heterocycles. The van der Waals surface area contributed by atoms with Gasteiger partial charge in [0.25, 0.3) is 0 Å². The monoisotopic (exact) mass is 1830 g/mol. The number of hydrogen-bond donors (Lipinski definition) is 4. The van der Waals surface area contributed by atoms with Gasteiger partial charge in [-0.05, 0) is 148 Å². The molecule has 7 rings (SSSR count). The number of ether oxygens (including phenoxy) is 8. The third kappa shape index (κ3) is 77.9. The van der Waals surface area contributed by atoms with Gasteiger partial charge in [-0.2, -0.15) is 0 Å². The van der Waals surface area contributed by atoms with E-state index in [2.05, 4.69) is 156 Å². The molecule has 0 heterocycles. The van der Waals surface area contributed by atoms with E-state index in [1.165, 1.54) is 122 Å². The molecule has 40 heteroatoms. The Hall–Kier alpha value is -7.38. The van der Waals surface area contributed by atoms with Crippen LogP contribution in [0, 0.1) is 0 Å². The standard InChI is InChI=1S/C80H106N4O8.4F6P/c1-3-5-7-9-11-13-15-17-19-48-87-75-40-32-71(33-41-75)63-81-59-67-24-28-69(29-25-67)61-83-65-73-36-44-77(45-37-73)89-54-50-85-52-56-91-79-22-21-23-80(58-79)92-57-53-86-51-55-90-78-46-38-74(39-47-78)66-84-62-70-30-26-68(27-31-70)60-82-64-72-34-42-76(43-35-72)88-49-20-18-16-14-12-10-8-6-4-2;4*1-7(2,3,4,5)6/h3-4,21-47,58,81-84H,1-2,5-20,48-57,59-66H2;;;;/q;4*-1/p+4. The van der Waals surface area contributed by atoms with Gasteiger partial charge < -0.3 is 59.2 Å². The molecule has 0 aromatic heterocycles. The topological polar surface area (TPSA) is 140 Å². The molecule has 0 atom stereocenters. The van der Waals surface area contributed by atoms with Crippen molar-refractivity contribution >= 4 is 31.2 Å². The average Bonchev–Trinajstić information content (AvgIpc) is 0.805. The molecule has 7 aromatic carbocycles. The molecule has 0 bridgehead atoms. The fourth-order valence-corrected chi connectivity index (χ4v) is 10.8. The zero-order chi connectivity index (χ0) is 89.5. The van der Waals surface area contributed by atoms with Crippen LogP contribution in [0.15, 0.2) is 195 Å². The second-order valence-corrected chi connectivity index (χ2v) is 35.4. The molecule has 0 radical (unpaired) electrons. The summed E-state index contributed by atoms with van der Waals surface area (Å²) in [5.74, 6) is 5.07. The fourth-order valence-electron chi connectivity index (χ4n) is 10.8. The van der Waals surface area contributed by atoms with Gasteiger partial charge in [0.15, 0.2) is 0 Å². The van der Waals surface area contributed by atoms with E-state index in [0.29, 0.717) is 52.9 Å². The van der Waals surface area contributed by atoms with E-state index in [4.69, 9.17) is 37.9 Å². The van der Waals surface area contributed by atoms with Crippen molar-refractivity contribution in [3.8, 4) is 34.5 Å². The Kier molecular flexibility index (Phi) is 41.8. The first kappa shape index (κ1) is 107. The number of halogens is 24. The summed E-state index contributed by atoms with van der Waals surface area (Å²) in [6.07, 6.45) is 24.2. The Morgan fingerprint density at radius 2 is 0.375 bits per heavy atom. The predicted molar refractivity (Wildman–Crippen MR) is 426 cm³/mol. The van der Waals surface area contributed by atoms with Crippen molar-refractivity contribution < 1.29 is 160 Å². The maximum atomic E-state index is 9.87. The summed E-state index contributed by atoms with van der Waals surface area (Å²) >= 11 is 0. The first-order valence-corrected chi connectivity index (χ1v) is 46.8. The fraction of sp³-hybridized carbons (Fsp3) is 0.425. The number of nitrogens with two attached hydrogens (primary N) is 4. The average molecular weight is 1840 g/mol. The van der Waals surface area contributed by atoms with E-state index in [-0.39, 0.29) is 0 Å². The molecule has 686 valence electrons. The number of hydrogen-bond acceptors (Lipinski definition) is 8. The van der Waals surface area contributed by atoms with E-state index in [1.54, 1.807) is 0 Å². The number of rotatable bonds is 54. The first-order chi connectivity index (χ1) is 55.4. The van der Waals surface area contributed by atoms with Crippen LogP contribution in [-0.4, -0.2) is 66.1 Å². The molecule has 0 unspecified atom stereocenters. The second-order valence-electron chi connectivity index (χ2n) is 27.7. The van der Waals surface area contributed by atoms with Crippen LogP contribution in [0.1, 0.15) is 147 Å². The van der Waals surface area contributed by atoms with Gasteiger partial charge in [0.1, 0.15) is 113 Å². The van der Waals surface area contributed by atoms with E-state index >= 15 is 0 Å². The number of allylic oxidation sites excluding steroid dienone is 2. The molecular weight excluding hydrogens is 1720 g/mol. The summed E-state index contributed by atoms with van der Waals surface area (Å²) in [7, 11) is -42.6. The Balaban J connectivity index is 0.00000113. The molecule has 12 nitrogen and oxygen atoms in total. The van der Waals surface area contributed by atoms with E-state index in [1.807, 2.05) is 60.7 Å². The van der Waals surface area contributed by atoms with Crippen molar-refractivity contribution in [2.45, 2.75) is 155 Å². The minimum absolute atomic E-state index is 0.425. The van der Waals surface area contributed by atoms with Crippen molar-refractivity contribution in [3.63, 3.8) is 0 Å². The van der Waals surface area contributed by atoms with Gasteiger partial charge in [-0.25, -0.2) is 0 Å². The zero-order valence-corrected chi connectivity index (χ0v) is 69.8. The third-order valence-electron chi connectivity index (χ3n) is 16.2. The van der Waals surface area contributed by atoms with Crippen LogP contribution in [0.3, 0.4) is 0 Å². The van der Waals surface area contributed by atoms with Gasteiger partial charge >= 0.3 is 132 Å². The van der Waals surface area contributed by atoms with Crippen LogP contribution in [-0.2, 0) is 61.8 Å². The molecule has 0 aliphatic rings. The molecule has 0 fully saturated rings. The Labute approximate surface area is 683 Å². The van der Waals surface area contributed by atoms with Crippen LogP contribution in [0.5, 0.6) is 34.5 Å². The van der Waals surface area contributed by atoms with Crippen LogP contribution < -0.4 is 49.7 Å². The number of quaternary nitrogens is 4. The van der Waals surface area contributed by atoms with Crippen LogP contribution in [0.2, 0.25) is 0 Å². The summed E-state index contributed by atoms with van der Waals surface area (Å²) in [5, 5.41) is 9.39. The van der Waals surface area contributed by atoms with Gasteiger partial charge in [-0.1, -0.05) is 131 Å².